The van der Waals surface area contributed by atoms with E-state index in [1.807, 2.05) is 0 Å². The summed E-state index contributed by atoms with van der Waals surface area (Å²) < 4.78 is 20.3. The van der Waals surface area contributed by atoms with Gasteiger partial charge in [-0.2, -0.15) is 10.2 Å². The van der Waals surface area contributed by atoms with Crippen LogP contribution in [0, 0.1) is 12.7 Å². The van der Waals surface area contributed by atoms with E-state index in [2.05, 4.69) is 14.9 Å². The van der Waals surface area contributed by atoms with Crippen LogP contribution in [0.15, 0.2) is 35.3 Å². The van der Waals surface area contributed by atoms with Crippen LogP contribution in [-0.4, -0.2) is 32.6 Å². The van der Waals surface area contributed by atoms with Gasteiger partial charge in [-0.15, -0.1) is 0 Å². The minimum atomic E-state index is -0.873. The summed E-state index contributed by atoms with van der Waals surface area (Å²) in [6.45, 7) is 3.25. The molecular weight excluding hydrogens is 315 g/mol. The molecule has 0 radical (unpaired) electrons. The number of methoxy groups -OCH3 is 1. The van der Waals surface area contributed by atoms with Crippen LogP contribution in [0.5, 0.6) is 0 Å². The number of aromatic nitrogens is 4. The molecule has 8 heteroatoms. The van der Waals surface area contributed by atoms with E-state index in [9.17, 15) is 14.0 Å². The van der Waals surface area contributed by atoms with E-state index in [0.717, 1.165) is 4.68 Å². The number of benzene rings is 1. The van der Waals surface area contributed by atoms with E-state index in [1.165, 1.54) is 49.2 Å². The Morgan fingerprint density at radius 1 is 1.29 bits per heavy atom. The second kappa shape index (κ2) is 5.88. The van der Waals surface area contributed by atoms with Crippen molar-refractivity contribution in [2.45, 2.75) is 19.9 Å². The lowest BCUT2D eigenvalue weighted by molar-refractivity contribution is -0.144. The minimum absolute atomic E-state index is 0.268. The molecule has 124 valence electrons. The van der Waals surface area contributed by atoms with Crippen molar-refractivity contribution in [3.05, 3.63) is 52.3 Å². The number of ether oxygens (including phenoxy) is 1. The topological polar surface area (TPSA) is 79.0 Å². The van der Waals surface area contributed by atoms with Gasteiger partial charge in [0.1, 0.15) is 11.3 Å². The van der Waals surface area contributed by atoms with Gasteiger partial charge < -0.3 is 4.74 Å². The predicted octanol–water partition coefficient (Wildman–Crippen LogP) is 1.76. The van der Waals surface area contributed by atoms with E-state index in [1.54, 1.807) is 6.92 Å². The lowest BCUT2D eigenvalue weighted by Gasteiger charge is -2.13. The van der Waals surface area contributed by atoms with Crippen molar-refractivity contribution in [3.63, 3.8) is 0 Å². The van der Waals surface area contributed by atoms with Crippen molar-refractivity contribution in [3.8, 4) is 5.69 Å². The van der Waals surface area contributed by atoms with Crippen LogP contribution in [0.1, 0.15) is 18.7 Å². The SMILES string of the molecule is COC(=O)C(C)n1nc(C)c2cnn(-c3ccc(F)cc3)c2c1=O. The van der Waals surface area contributed by atoms with Crippen LogP contribution < -0.4 is 5.56 Å². The molecule has 0 aliphatic heterocycles. The highest BCUT2D eigenvalue weighted by molar-refractivity contribution is 5.82. The summed E-state index contributed by atoms with van der Waals surface area (Å²) in [6, 6.07) is 4.73. The summed E-state index contributed by atoms with van der Waals surface area (Å²) >= 11 is 0. The van der Waals surface area contributed by atoms with Gasteiger partial charge in [0.25, 0.3) is 5.56 Å². The number of carbonyl (C=O) groups is 1. The van der Waals surface area contributed by atoms with Crippen LogP contribution >= 0.6 is 0 Å². The molecule has 1 atom stereocenters. The van der Waals surface area contributed by atoms with Crippen molar-refractivity contribution < 1.29 is 13.9 Å². The van der Waals surface area contributed by atoms with Gasteiger partial charge in [-0.1, -0.05) is 0 Å². The number of aryl methyl sites for hydroxylation is 1. The lowest BCUT2D eigenvalue weighted by Crippen LogP contribution is -2.32. The van der Waals surface area contributed by atoms with Crippen molar-refractivity contribution in [2.75, 3.05) is 7.11 Å². The summed E-state index contributed by atoms with van der Waals surface area (Å²) in [7, 11) is 1.25. The van der Waals surface area contributed by atoms with Gasteiger partial charge in [-0.3, -0.25) is 4.79 Å². The second-order valence-electron chi connectivity index (χ2n) is 5.33. The van der Waals surface area contributed by atoms with Gasteiger partial charge in [0.15, 0.2) is 6.04 Å². The molecule has 7 nitrogen and oxygen atoms in total. The maximum Gasteiger partial charge on any atom is 0.330 e. The Balaban J connectivity index is 2.27. The first-order valence-corrected chi connectivity index (χ1v) is 7.25. The fraction of sp³-hybridized carbons (Fsp3) is 0.250. The summed E-state index contributed by atoms with van der Waals surface area (Å²) in [5.41, 5.74) is 0.875. The molecule has 1 aromatic carbocycles. The third kappa shape index (κ3) is 2.45. The fourth-order valence-corrected chi connectivity index (χ4v) is 2.50. The molecule has 0 saturated carbocycles. The van der Waals surface area contributed by atoms with E-state index in [-0.39, 0.29) is 11.3 Å². The zero-order chi connectivity index (χ0) is 17.4. The number of halogens is 1. The molecule has 0 aliphatic rings. The Morgan fingerprint density at radius 2 is 1.96 bits per heavy atom. The number of hydrogen-bond donors (Lipinski definition) is 0. The van der Waals surface area contributed by atoms with Gasteiger partial charge in [0.05, 0.1) is 24.7 Å². The Labute approximate surface area is 136 Å². The first kappa shape index (κ1) is 15.9. The smallest absolute Gasteiger partial charge is 0.330 e. The van der Waals surface area contributed by atoms with Crippen LogP contribution in [0.2, 0.25) is 0 Å². The Hall–Kier alpha value is -3.03. The van der Waals surface area contributed by atoms with Gasteiger partial charge >= 0.3 is 5.97 Å². The van der Waals surface area contributed by atoms with Crippen molar-refractivity contribution in [1.82, 2.24) is 19.6 Å². The number of carbonyl (C=O) groups excluding carboxylic acids is 1. The average molecular weight is 330 g/mol. The molecule has 0 spiro atoms. The number of fused-ring (bicyclic) bond motifs is 1. The minimum Gasteiger partial charge on any atom is -0.467 e. The predicted molar refractivity (Wildman–Crippen MR) is 84.5 cm³/mol. The van der Waals surface area contributed by atoms with E-state index in [0.29, 0.717) is 16.8 Å². The van der Waals surface area contributed by atoms with Crippen molar-refractivity contribution in [1.29, 1.82) is 0 Å². The first-order valence-electron chi connectivity index (χ1n) is 7.25. The molecule has 0 bridgehead atoms. The Morgan fingerprint density at radius 3 is 2.58 bits per heavy atom. The standard InChI is InChI=1S/C16H15FN4O3/c1-9-13-8-18-21(12-6-4-11(17)5-7-12)14(13)15(22)20(19-9)10(2)16(23)24-3/h4-8,10H,1-3H3. The zero-order valence-corrected chi connectivity index (χ0v) is 13.4. The highest BCUT2D eigenvalue weighted by atomic mass is 19.1. The molecule has 0 saturated heterocycles. The van der Waals surface area contributed by atoms with Crippen LogP contribution in [0.25, 0.3) is 16.6 Å². The monoisotopic (exact) mass is 330 g/mol. The molecule has 2 heterocycles. The Kier molecular flexibility index (Phi) is 3.88. The average Bonchev–Trinajstić information content (AvgIpc) is 3.03. The molecule has 0 fully saturated rings. The highest BCUT2D eigenvalue weighted by Crippen LogP contribution is 2.18. The molecule has 1 unspecified atom stereocenters. The fourth-order valence-electron chi connectivity index (χ4n) is 2.50. The van der Waals surface area contributed by atoms with Gasteiger partial charge in [0.2, 0.25) is 0 Å². The van der Waals surface area contributed by atoms with E-state index >= 15 is 0 Å². The normalized spacial score (nSPS) is 12.3. The van der Waals surface area contributed by atoms with Crippen LogP contribution in [0.3, 0.4) is 0 Å². The maximum absolute atomic E-state index is 13.1. The summed E-state index contributed by atoms with van der Waals surface area (Å²) in [5, 5.41) is 8.96. The van der Waals surface area contributed by atoms with Crippen LogP contribution in [0.4, 0.5) is 4.39 Å². The lowest BCUT2D eigenvalue weighted by atomic mass is 10.2. The molecule has 0 N–H and O–H groups in total. The number of rotatable bonds is 3. The third-order valence-corrected chi connectivity index (χ3v) is 3.81. The molecule has 3 aromatic rings. The molecule has 0 amide bonds. The number of hydrogen-bond acceptors (Lipinski definition) is 5. The zero-order valence-electron chi connectivity index (χ0n) is 13.4. The van der Waals surface area contributed by atoms with Crippen molar-refractivity contribution in [2.24, 2.45) is 0 Å². The third-order valence-electron chi connectivity index (χ3n) is 3.81. The molecule has 24 heavy (non-hydrogen) atoms. The molecule has 2 aromatic heterocycles. The first-order chi connectivity index (χ1) is 11.4. The van der Waals surface area contributed by atoms with E-state index < -0.39 is 17.6 Å². The van der Waals surface area contributed by atoms with Crippen molar-refractivity contribution >= 4 is 16.9 Å². The number of nitrogens with zero attached hydrogens (tertiary/aromatic N) is 4. The van der Waals surface area contributed by atoms with Gasteiger partial charge in [-0.05, 0) is 38.1 Å². The summed E-state index contributed by atoms with van der Waals surface area (Å²) in [5.74, 6) is -0.957. The maximum atomic E-state index is 13.1. The molecule has 0 aliphatic carbocycles. The molecular formula is C16H15FN4O3. The highest BCUT2D eigenvalue weighted by Gasteiger charge is 2.22. The largest absolute Gasteiger partial charge is 0.467 e. The van der Waals surface area contributed by atoms with Crippen LogP contribution in [-0.2, 0) is 9.53 Å². The molecule has 3 rings (SSSR count). The second-order valence-corrected chi connectivity index (χ2v) is 5.33. The number of esters is 1. The summed E-state index contributed by atoms with van der Waals surface area (Å²) in [6.07, 6.45) is 1.52. The Bertz CT molecular complexity index is 975. The summed E-state index contributed by atoms with van der Waals surface area (Å²) in [4.78, 5) is 24.6. The van der Waals surface area contributed by atoms with E-state index in [4.69, 9.17) is 0 Å². The quantitative estimate of drug-likeness (QED) is 0.684. The van der Waals surface area contributed by atoms with Gasteiger partial charge in [-0.25, -0.2) is 18.5 Å². The van der Waals surface area contributed by atoms with Gasteiger partial charge in [0, 0.05) is 5.39 Å².